The molecule has 2 aliphatic heterocycles. The highest BCUT2D eigenvalue weighted by atomic mass is 16.6. The van der Waals surface area contributed by atoms with Crippen LogP contribution in [0.3, 0.4) is 0 Å². The van der Waals surface area contributed by atoms with Crippen LogP contribution in [0.5, 0.6) is 0 Å². The van der Waals surface area contributed by atoms with Gasteiger partial charge in [0.1, 0.15) is 6.61 Å². The molecule has 2 aliphatic rings. The first-order valence-electron chi connectivity index (χ1n) is 7.41. The Morgan fingerprint density at radius 3 is 2.76 bits per heavy atom. The summed E-state index contributed by atoms with van der Waals surface area (Å²) in [4.78, 5) is 13.8. The number of hydrogen-bond acceptors (Lipinski definition) is 4. The minimum absolute atomic E-state index is 0.204. The molecule has 2 fully saturated rings. The standard InChI is InChI=1S/C16H21NO4/c18-14-10-17(12-16(14)6-8-20-9-7-16)15(19)21-11-13-4-2-1-3-5-13/h1-5,14,18H,6-12H2. The van der Waals surface area contributed by atoms with Crippen LogP contribution in [0.2, 0.25) is 0 Å². The van der Waals surface area contributed by atoms with Crippen molar-refractivity contribution in [3.05, 3.63) is 35.9 Å². The smallest absolute Gasteiger partial charge is 0.410 e. The Labute approximate surface area is 124 Å². The Hall–Kier alpha value is -1.59. The van der Waals surface area contributed by atoms with E-state index < -0.39 is 6.10 Å². The number of likely N-dealkylation sites (tertiary alicyclic amines) is 1. The molecule has 1 aromatic rings. The Kier molecular flexibility index (Phi) is 4.12. The molecule has 0 aliphatic carbocycles. The summed E-state index contributed by atoms with van der Waals surface area (Å²) in [6.07, 6.45) is 0.778. The van der Waals surface area contributed by atoms with Crippen LogP contribution in [-0.2, 0) is 16.1 Å². The molecule has 5 nitrogen and oxygen atoms in total. The van der Waals surface area contributed by atoms with E-state index in [1.54, 1.807) is 4.90 Å². The normalized spacial score (nSPS) is 24.2. The van der Waals surface area contributed by atoms with Crippen molar-refractivity contribution < 1.29 is 19.4 Å². The van der Waals surface area contributed by atoms with Gasteiger partial charge in [-0.2, -0.15) is 0 Å². The lowest BCUT2D eigenvalue weighted by Crippen LogP contribution is -2.40. The van der Waals surface area contributed by atoms with Crippen LogP contribution in [-0.4, -0.2) is 48.5 Å². The van der Waals surface area contributed by atoms with E-state index in [9.17, 15) is 9.90 Å². The van der Waals surface area contributed by atoms with Crippen molar-refractivity contribution in [3.63, 3.8) is 0 Å². The second-order valence-corrected chi connectivity index (χ2v) is 5.91. The lowest BCUT2D eigenvalue weighted by atomic mass is 9.77. The van der Waals surface area contributed by atoms with E-state index in [0.717, 1.165) is 18.4 Å². The number of benzene rings is 1. The van der Waals surface area contributed by atoms with E-state index >= 15 is 0 Å². The summed E-state index contributed by atoms with van der Waals surface area (Å²) in [5.74, 6) is 0. The number of aliphatic hydroxyl groups is 1. The Morgan fingerprint density at radius 2 is 2.05 bits per heavy atom. The number of aliphatic hydroxyl groups excluding tert-OH is 1. The highest BCUT2D eigenvalue weighted by molar-refractivity contribution is 5.68. The van der Waals surface area contributed by atoms with E-state index in [0.29, 0.717) is 26.3 Å². The first-order chi connectivity index (χ1) is 10.2. The lowest BCUT2D eigenvalue weighted by Gasteiger charge is -2.35. The molecule has 0 saturated carbocycles. The highest BCUT2D eigenvalue weighted by Gasteiger charge is 2.48. The van der Waals surface area contributed by atoms with Crippen LogP contribution in [0.4, 0.5) is 4.79 Å². The molecule has 0 bridgehead atoms. The van der Waals surface area contributed by atoms with Gasteiger partial charge in [-0.15, -0.1) is 0 Å². The fourth-order valence-electron chi connectivity index (χ4n) is 3.17. The predicted octanol–water partition coefficient (Wildman–Crippen LogP) is 1.80. The minimum Gasteiger partial charge on any atom is -0.445 e. The van der Waals surface area contributed by atoms with Crippen molar-refractivity contribution >= 4 is 6.09 Å². The molecule has 1 unspecified atom stereocenters. The van der Waals surface area contributed by atoms with E-state index in [-0.39, 0.29) is 18.1 Å². The molecule has 21 heavy (non-hydrogen) atoms. The summed E-state index contributed by atoms with van der Waals surface area (Å²) in [6, 6.07) is 9.61. The molecule has 5 heteroatoms. The molecule has 3 rings (SSSR count). The van der Waals surface area contributed by atoms with E-state index in [1.165, 1.54) is 0 Å². The second kappa shape index (κ2) is 6.03. The van der Waals surface area contributed by atoms with Gasteiger partial charge in [-0.25, -0.2) is 4.79 Å². The number of nitrogens with zero attached hydrogens (tertiary/aromatic N) is 1. The maximum Gasteiger partial charge on any atom is 0.410 e. The van der Waals surface area contributed by atoms with Crippen molar-refractivity contribution in [2.75, 3.05) is 26.3 Å². The molecule has 0 aromatic heterocycles. The largest absolute Gasteiger partial charge is 0.445 e. The third kappa shape index (κ3) is 3.04. The fraction of sp³-hybridized carbons (Fsp3) is 0.562. The Morgan fingerprint density at radius 1 is 1.33 bits per heavy atom. The number of rotatable bonds is 2. The Balaban J connectivity index is 1.56. The summed E-state index contributed by atoms with van der Waals surface area (Å²) in [7, 11) is 0. The van der Waals surface area contributed by atoms with E-state index in [2.05, 4.69) is 0 Å². The Bertz CT molecular complexity index is 484. The topological polar surface area (TPSA) is 59.0 Å². The molecule has 1 N–H and O–H groups in total. The SMILES string of the molecule is O=C(OCc1ccccc1)N1CC(O)C2(CCOCC2)C1. The molecule has 1 amide bonds. The van der Waals surface area contributed by atoms with Gasteiger partial charge in [0.05, 0.1) is 12.6 Å². The molecule has 1 atom stereocenters. The summed E-state index contributed by atoms with van der Waals surface area (Å²) in [5, 5.41) is 10.3. The van der Waals surface area contributed by atoms with Crippen LogP contribution in [0, 0.1) is 5.41 Å². The molecule has 2 saturated heterocycles. The third-order valence-corrected chi connectivity index (χ3v) is 4.56. The molecule has 1 spiro atoms. The van der Waals surface area contributed by atoms with Gasteiger partial charge in [0.15, 0.2) is 0 Å². The predicted molar refractivity (Wildman–Crippen MR) is 76.7 cm³/mol. The molecular formula is C16H21NO4. The van der Waals surface area contributed by atoms with Crippen molar-refractivity contribution in [1.29, 1.82) is 0 Å². The van der Waals surface area contributed by atoms with Gasteiger partial charge in [-0.05, 0) is 18.4 Å². The number of hydrogen-bond donors (Lipinski definition) is 1. The third-order valence-electron chi connectivity index (χ3n) is 4.56. The van der Waals surface area contributed by atoms with Gasteiger partial charge in [0.2, 0.25) is 0 Å². The van der Waals surface area contributed by atoms with Gasteiger partial charge < -0.3 is 19.5 Å². The molecular weight excluding hydrogens is 270 g/mol. The zero-order chi connectivity index (χ0) is 14.7. The van der Waals surface area contributed by atoms with Crippen LogP contribution < -0.4 is 0 Å². The maximum atomic E-state index is 12.2. The average molecular weight is 291 g/mol. The molecule has 1 aromatic carbocycles. The van der Waals surface area contributed by atoms with E-state index in [1.807, 2.05) is 30.3 Å². The maximum absolute atomic E-state index is 12.2. The number of amides is 1. The number of ether oxygens (including phenoxy) is 2. The van der Waals surface area contributed by atoms with Gasteiger partial charge in [-0.3, -0.25) is 0 Å². The van der Waals surface area contributed by atoms with E-state index in [4.69, 9.17) is 9.47 Å². The van der Waals surface area contributed by atoms with Crippen LogP contribution >= 0.6 is 0 Å². The minimum atomic E-state index is -0.481. The zero-order valence-corrected chi connectivity index (χ0v) is 12.0. The number of carbonyl (C=O) groups excluding carboxylic acids is 1. The highest BCUT2D eigenvalue weighted by Crippen LogP contribution is 2.40. The summed E-state index contributed by atoms with van der Waals surface area (Å²) >= 11 is 0. The van der Waals surface area contributed by atoms with Gasteiger partial charge in [0.25, 0.3) is 0 Å². The first kappa shape index (κ1) is 14.4. The monoisotopic (exact) mass is 291 g/mol. The quantitative estimate of drug-likeness (QED) is 0.902. The fourth-order valence-corrected chi connectivity index (χ4v) is 3.17. The zero-order valence-electron chi connectivity index (χ0n) is 12.0. The number of β-amino-alcohol motifs (C(OH)–C–C–N with tert-alkyl or cyclic N) is 1. The van der Waals surface area contributed by atoms with Crippen molar-refractivity contribution in [3.8, 4) is 0 Å². The van der Waals surface area contributed by atoms with Crippen molar-refractivity contribution in [2.45, 2.75) is 25.6 Å². The van der Waals surface area contributed by atoms with Crippen LogP contribution in [0.15, 0.2) is 30.3 Å². The summed E-state index contributed by atoms with van der Waals surface area (Å²) in [6.45, 7) is 2.50. The second-order valence-electron chi connectivity index (χ2n) is 5.91. The van der Waals surface area contributed by atoms with Crippen LogP contribution in [0.1, 0.15) is 18.4 Å². The van der Waals surface area contributed by atoms with Crippen LogP contribution in [0.25, 0.3) is 0 Å². The summed E-state index contributed by atoms with van der Waals surface area (Å²) in [5.41, 5.74) is 0.760. The number of carbonyl (C=O) groups is 1. The first-order valence-corrected chi connectivity index (χ1v) is 7.41. The molecule has 0 radical (unpaired) electrons. The van der Waals surface area contributed by atoms with Crippen molar-refractivity contribution in [1.82, 2.24) is 4.90 Å². The van der Waals surface area contributed by atoms with Gasteiger partial charge in [0, 0.05) is 25.2 Å². The van der Waals surface area contributed by atoms with Gasteiger partial charge >= 0.3 is 6.09 Å². The van der Waals surface area contributed by atoms with Gasteiger partial charge in [-0.1, -0.05) is 30.3 Å². The lowest BCUT2D eigenvalue weighted by molar-refractivity contribution is -0.0342. The summed E-state index contributed by atoms with van der Waals surface area (Å²) < 4.78 is 10.7. The average Bonchev–Trinajstić information content (AvgIpc) is 2.83. The molecule has 2 heterocycles. The molecule has 114 valence electrons. The van der Waals surface area contributed by atoms with Crippen molar-refractivity contribution in [2.24, 2.45) is 5.41 Å².